The number of fused-ring (bicyclic) bond motifs is 1. The Balaban J connectivity index is 1.89. The molecule has 0 aliphatic carbocycles. The number of aromatic amines is 1. The number of hydrogen-bond acceptors (Lipinski definition) is 5. The van der Waals surface area contributed by atoms with Crippen LogP contribution in [-0.4, -0.2) is 54.7 Å². The van der Waals surface area contributed by atoms with Crippen LogP contribution in [-0.2, 0) is 0 Å². The minimum atomic E-state index is -0.368. The van der Waals surface area contributed by atoms with Crippen molar-refractivity contribution in [3.05, 3.63) is 82.3 Å². The van der Waals surface area contributed by atoms with Crippen molar-refractivity contribution < 1.29 is 9.53 Å². The fourth-order valence-electron chi connectivity index (χ4n) is 5.25. The van der Waals surface area contributed by atoms with E-state index in [9.17, 15) is 9.59 Å². The number of anilines is 2. The Bertz CT molecular complexity index is 1580. The lowest BCUT2D eigenvalue weighted by atomic mass is 9.92. The topological polar surface area (TPSA) is 90.6 Å². The number of benzene rings is 2. The first-order valence-electron chi connectivity index (χ1n) is 15.2. The summed E-state index contributed by atoms with van der Waals surface area (Å²) >= 11 is 0. The predicted octanol–water partition coefficient (Wildman–Crippen LogP) is 7.62. The first kappa shape index (κ1) is 31.8. The Morgan fingerprint density at radius 2 is 1.67 bits per heavy atom. The average molecular weight is 584 g/mol. The summed E-state index contributed by atoms with van der Waals surface area (Å²) in [7, 11) is 4.00. The predicted molar refractivity (Wildman–Crippen MR) is 178 cm³/mol. The molecule has 0 aliphatic heterocycles. The van der Waals surface area contributed by atoms with Crippen molar-refractivity contribution in [1.29, 1.82) is 0 Å². The van der Waals surface area contributed by atoms with E-state index in [-0.39, 0.29) is 23.4 Å². The number of amides is 2. The summed E-state index contributed by atoms with van der Waals surface area (Å²) in [5.74, 6) is 1.11. The van der Waals surface area contributed by atoms with Crippen LogP contribution < -0.4 is 20.5 Å². The minimum Gasteiger partial charge on any atom is -0.492 e. The van der Waals surface area contributed by atoms with E-state index in [1.165, 1.54) is 0 Å². The summed E-state index contributed by atoms with van der Waals surface area (Å²) in [6, 6.07) is 17.3. The van der Waals surface area contributed by atoms with Crippen molar-refractivity contribution in [2.24, 2.45) is 0 Å². The van der Waals surface area contributed by atoms with Crippen LogP contribution in [0.4, 0.5) is 16.2 Å². The van der Waals surface area contributed by atoms with Gasteiger partial charge in [-0.2, -0.15) is 0 Å². The molecule has 0 atom stereocenters. The maximum atomic E-state index is 14.3. The highest BCUT2D eigenvalue weighted by Gasteiger charge is 2.27. The van der Waals surface area contributed by atoms with Crippen LogP contribution in [0.25, 0.3) is 22.2 Å². The highest BCUT2D eigenvalue weighted by molar-refractivity contribution is 6.09. The lowest BCUT2D eigenvalue weighted by Gasteiger charge is -2.28. The van der Waals surface area contributed by atoms with Crippen LogP contribution in [0, 0.1) is 0 Å². The number of likely N-dealkylation sites (N-methyl/N-ethyl adjacent to an activating group) is 1. The number of nitrogens with one attached hydrogen (secondary N) is 2. The second-order valence-corrected chi connectivity index (χ2v) is 11.8. The van der Waals surface area contributed by atoms with Crippen molar-refractivity contribution >= 4 is 28.4 Å². The highest BCUT2D eigenvalue weighted by atomic mass is 16.5. The van der Waals surface area contributed by atoms with Crippen LogP contribution in [0.3, 0.4) is 0 Å². The third-order valence-corrected chi connectivity index (χ3v) is 7.55. The van der Waals surface area contributed by atoms with Crippen LogP contribution in [0.2, 0.25) is 0 Å². The first-order valence-corrected chi connectivity index (χ1v) is 15.2. The Morgan fingerprint density at radius 3 is 2.33 bits per heavy atom. The Labute approximate surface area is 255 Å². The Morgan fingerprint density at radius 1 is 0.977 bits per heavy atom. The number of unbranched alkanes of at least 4 members (excludes halogenated alkanes) is 1. The van der Waals surface area contributed by atoms with E-state index in [0.717, 1.165) is 47.2 Å². The van der Waals surface area contributed by atoms with E-state index in [1.807, 2.05) is 56.6 Å². The molecule has 8 heteroatoms. The molecule has 8 nitrogen and oxygen atoms in total. The summed E-state index contributed by atoms with van der Waals surface area (Å²) in [4.78, 5) is 39.3. The summed E-state index contributed by atoms with van der Waals surface area (Å²) in [5.41, 5.74) is 4.77. The van der Waals surface area contributed by atoms with Gasteiger partial charge in [0, 0.05) is 35.9 Å². The second kappa shape index (κ2) is 14.3. The fraction of sp³-hybridized carbons (Fsp3) is 0.400. The molecule has 0 radical (unpaired) electrons. The highest BCUT2D eigenvalue weighted by Crippen LogP contribution is 2.37. The summed E-state index contributed by atoms with van der Waals surface area (Å²) in [6.07, 6.45) is 3.25. The number of pyridine rings is 2. The maximum Gasteiger partial charge on any atom is 0.326 e. The molecule has 0 saturated carbocycles. The van der Waals surface area contributed by atoms with Gasteiger partial charge in [0.1, 0.15) is 23.7 Å². The third-order valence-electron chi connectivity index (χ3n) is 7.55. The molecule has 4 rings (SSSR count). The minimum absolute atomic E-state index is 0.207. The van der Waals surface area contributed by atoms with Crippen LogP contribution >= 0.6 is 0 Å². The lowest BCUT2D eigenvalue weighted by Crippen LogP contribution is -2.40. The van der Waals surface area contributed by atoms with Gasteiger partial charge in [-0.25, -0.2) is 9.78 Å². The zero-order valence-corrected chi connectivity index (χ0v) is 26.5. The van der Waals surface area contributed by atoms with E-state index in [0.29, 0.717) is 35.8 Å². The maximum absolute atomic E-state index is 14.3. The van der Waals surface area contributed by atoms with Crippen molar-refractivity contribution in [3.8, 4) is 16.9 Å². The van der Waals surface area contributed by atoms with Gasteiger partial charge in [0.25, 0.3) is 5.56 Å². The van der Waals surface area contributed by atoms with Crippen LogP contribution in [0.15, 0.2) is 65.6 Å². The molecular weight excluding hydrogens is 538 g/mol. The molecule has 2 aromatic carbocycles. The molecule has 0 saturated heterocycles. The zero-order valence-electron chi connectivity index (χ0n) is 26.5. The standard InChI is InChI=1S/C35H45N5O3/c1-8-9-19-40(35(42)37-31-27(23(2)3)15-11-16-28(31)24(4)5)32-30(29-17-12-18-36-33(29)38-34(32)41)25-13-10-14-26(22-25)43-21-20-39(6)7/h10-18,22-24H,8-9,19-21H2,1-7H3,(H,37,42)(H,36,38,41). The van der Waals surface area contributed by atoms with Crippen molar-refractivity contribution in [2.45, 2.75) is 59.3 Å². The van der Waals surface area contributed by atoms with Gasteiger partial charge in [-0.1, -0.05) is 71.4 Å². The largest absolute Gasteiger partial charge is 0.492 e. The van der Waals surface area contributed by atoms with Gasteiger partial charge >= 0.3 is 6.03 Å². The van der Waals surface area contributed by atoms with E-state index >= 15 is 0 Å². The summed E-state index contributed by atoms with van der Waals surface area (Å²) in [6.45, 7) is 12.2. The number of carbonyl (C=O) groups excluding carboxylic acids is 1. The van der Waals surface area contributed by atoms with Gasteiger partial charge in [0.15, 0.2) is 0 Å². The molecule has 2 aromatic heterocycles. The van der Waals surface area contributed by atoms with Gasteiger partial charge in [-0.3, -0.25) is 9.69 Å². The van der Waals surface area contributed by atoms with E-state index in [4.69, 9.17) is 4.74 Å². The summed E-state index contributed by atoms with van der Waals surface area (Å²) < 4.78 is 6.05. The SMILES string of the molecule is CCCCN(C(=O)Nc1c(C(C)C)cccc1C(C)C)c1c(-c2cccc(OCCN(C)C)c2)c2cccnc2[nH]c1=O. The van der Waals surface area contributed by atoms with Crippen molar-refractivity contribution in [2.75, 3.05) is 44.0 Å². The average Bonchev–Trinajstić information content (AvgIpc) is 2.97. The number of ether oxygens (including phenoxy) is 1. The molecule has 0 spiro atoms. The molecule has 0 fully saturated rings. The second-order valence-electron chi connectivity index (χ2n) is 11.8. The number of H-pyrrole nitrogens is 1. The molecule has 43 heavy (non-hydrogen) atoms. The number of hydrogen-bond donors (Lipinski definition) is 2. The quantitative estimate of drug-likeness (QED) is 0.179. The molecule has 2 heterocycles. The van der Waals surface area contributed by atoms with Crippen LogP contribution in [0.1, 0.15) is 70.4 Å². The van der Waals surface area contributed by atoms with Gasteiger partial charge < -0.3 is 19.9 Å². The van der Waals surface area contributed by atoms with Gasteiger partial charge in [-0.05, 0) is 73.3 Å². The number of para-hydroxylation sites is 1. The third kappa shape index (κ3) is 7.43. The van der Waals surface area contributed by atoms with Gasteiger partial charge in [-0.15, -0.1) is 0 Å². The smallest absolute Gasteiger partial charge is 0.326 e. The molecular formula is C35H45N5O3. The number of rotatable bonds is 12. The molecule has 2 N–H and O–H groups in total. The number of nitrogens with zero attached hydrogens (tertiary/aromatic N) is 3. The zero-order chi connectivity index (χ0) is 31.1. The summed E-state index contributed by atoms with van der Waals surface area (Å²) in [5, 5.41) is 3.99. The Hall–Kier alpha value is -4.17. The molecule has 2 amide bonds. The number of carbonyl (C=O) groups is 1. The molecule has 0 unspecified atom stereocenters. The van der Waals surface area contributed by atoms with Crippen molar-refractivity contribution in [1.82, 2.24) is 14.9 Å². The van der Waals surface area contributed by atoms with Gasteiger partial charge in [0.2, 0.25) is 0 Å². The molecule has 0 aliphatic rings. The number of aromatic nitrogens is 2. The Kier molecular flexibility index (Phi) is 10.6. The number of urea groups is 1. The van der Waals surface area contributed by atoms with E-state index < -0.39 is 0 Å². The first-order chi connectivity index (χ1) is 20.6. The van der Waals surface area contributed by atoms with Crippen LogP contribution in [0.5, 0.6) is 5.75 Å². The van der Waals surface area contributed by atoms with Gasteiger partial charge in [0.05, 0.1) is 0 Å². The molecule has 228 valence electrons. The normalized spacial score (nSPS) is 11.5. The fourth-order valence-corrected chi connectivity index (χ4v) is 5.25. The van der Waals surface area contributed by atoms with E-state index in [1.54, 1.807) is 11.1 Å². The lowest BCUT2D eigenvalue weighted by molar-refractivity contribution is 0.256. The molecule has 4 aromatic rings. The monoisotopic (exact) mass is 583 g/mol. The van der Waals surface area contributed by atoms with E-state index in [2.05, 4.69) is 66.9 Å². The van der Waals surface area contributed by atoms with Crippen molar-refractivity contribution in [3.63, 3.8) is 0 Å². The molecule has 0 bridgehead atoms.